The number of amides is 2. The third-order valence-electron chi connectivity index (χ3n) is 4.23. The molecule has 0 N–H and O–H groups in total. The number of hydrogen-bond acceptors (Lipinski definition) is 4. The largest absolute Gasteiger partial charge is 0.339 e. The van der Waals surface area contributed by atoms with Gasteiger partial charge in [-0.1, -0.05) is 31.0 Å². The van der Waals surface area contributed by atoms with Crippen molar-refractivity contribution in [1.82, 2.24) is 5.06 Å². The van der Waals surface area contributed by atoms with Gasteiger partial charge in [0.05, 0.1) is 16.5 Å². The lowest BCUT2D eigenvalue weighted by atomic mass is 9.93. The molecule has 0 saturated heterocycles. The lowest BCUT2D eigenvalue weighted by Crippen LogP contribution is -2.37. The summed E-state index contributed by atoms with van der Waals surface area (Å²) in [6, 6.07) is 6.45. The first-order valence-corrected chi connectivity index (χ1v) is 6.67. The van der Waals surface area contributed by atoms with Gasteiger partial charge in [-0.15, -0.1) is 0 Å². The predicted molar refractivity (Wildman–Crippen MR) is 69.5 cm³/mol. The first-order valence-electron chi connectivity index (χ1n) is 6.67. The van der Waals surface area contributed by atoms with E-state index in [9.17, 15) is 14.4 Å². The number of benzene rings is 1. The van der Waals surface area contributed by atoms with Crippen molar-refractivity contribution in [3.8, 4) is 0 Å². The van der Waals surface area contributed by atoms with Crippen LogP contribution in [0.25, 0.3) is 0 Å². The summed E-state index contributed by atoms with van der Waals surface area (Å²) >= 11 is 0. The van der Waals surface area contributed by atoms with Gasteiger partial charge in [0.15, 0.2) is 0 Å². The summed E-state index contributed by atoms with van der Waals surface area (Å²) in [6.45, 7) is 3.88. The Morgan fingerprint density at radius 3 is 2.05 bits per heavy atom. The molecule has 0 radical (unpaired) electrons. The van der Waals surface area contributed by atoms with Crippen LogP contribution in [0, 0.1) is 11.3 Å². The van der Waals surface area contributed by atoms with Gasteiger partial charge in [0.2, 0.25) is 0 Å². The Morgan fingerprint density at radius 2 is 1.65 bits per heavy atom. The molecular weight excluding hydrogens is 258 g/mol. The monoisotopic (exact) mass is 273 g/mol. The van der Waals surface area contributed by atoms with E-state index in [1.165, 1.54) is 0 Å². The third-order valence-corrected chi connectivity index (χ3v) is 4.23. The average molecular weight is 273 g/mol. The fourth-order valence-corrected chi connectivity index (χ4v) is 2.58. The van der Waals surface area contributed by atoms with Gasteiger partial charge in [-0.2, -0.15) is 0 Å². The molecule has 1 aromatic carbocycles. The molecule has 20 heavy (non-hydrogen) atoms. The van der Waals surface area contributed by atoms with Crippen molar-refractivity contribution in [3.05, 3.63) is 35.4 Å². The van der Waals surface area contributed by atoms with Gasteiger partial charge in [-0.05, 0) is 30.9 Å². The highest BCUT2D eigenvalue weighted by molar-refractivity contribution is 6.20. The van der Waals surface area contributed by atoms with Crippen LogP contribution in [0.1, 0.15) is 47.4 Å². The van der Waals surface area contributed by atoms with Crippen LogP contribution in [0.2, 0.25) is 0 Å². The maximum atomic E-state index is 12.2. The minimum Gasteiger partial charge on any atom is -0.329 e. The zero-order valence-electron chi connectivity index (χ0n) is 11.4. The van der Waals surface area contributed by atoms with Gasteiger partial charge < -0.3 is 4.84 Å². The summed E-state index contributed by atoms with van der Waals surface area (Å²) in [5.41, 5.74) is 0.0226. The molecule has 1 aliphatic heterocycles. The summed E-state index contributed by atoms with van der Waals surface area (Å²) in [7, 11) is 0. The van der Waals surface area contributed by atoms with Crippen LogP contribution < -0.4 is 0 Å². The van der Waals surface area contributed by atoms with Gasteiger partial charge in [-0.3, -0.25) is 9.59 Å². The van der Waals surface area contributed by atoms with Crippen molar-refractivity contribution in [3.63, 3.8) is 0 Å². The van der Waals surface area contributed by atoms with Gasteiger partial charge in [0.1, 0.15) is 0 Å². The average Bonchev–Trinajstić information content (AvgIpc) is 3.21. The Labute approximate surface area is 116 Å². The molecule has 1 saturated carbocycles. The molecule has 1 heterocycles. The molecule has 2 aliphatic rings. The molecule has 0 atom stereocenters. The highest BCUT2D eigenvalue weighted by atomic mass is 16.7. The van der Waals surface area contributed by atoms with E-state index in [0.717, 1.165) is 12.8 Å². The number of carbonyl (C=O) groups excluding carboxylic acids is 3. The maximum Gasteiger partial charge on any atom is 0.339 e. The Kier molecular flexibility index (Phi) is 2.67. The number of hydroxylamine groups is 2. The highest BCUT2D eigenvalue weighted by Crippen LogP contribution is 2.53. The summed E-state index contributed by atoms with van der Waals surface area (Å²) in [6.07, 6.45) is 1.49. The normalized spacial score (nSPS) is 19.2. The molecule has 1 fully saturated rings. The van der Waals surface area contributed by atoms with E-state index in [1.807, 2.05) is 13.8 Å². The van der Waals surface area contributed by atoms with Crippen LogP contribution in [0.4, 0.5) is 0 Å². The first kappa shape index (κ1) is 12.8. The molecule has 104 valence electrons. The molecule has 0 bridgehead atoms. The molecule has 1 aliphatic carbocycles. The molecular formula is C15H15NO4. The first-order chi connectivity index (χ1) is 9.47. The van der Waals surface area contributed by atoms with Crippen LogP contribution in [-0.2, 0) is 9.63 Å². The van der Waals surface area contributed by atoms with Crippen molar-refractivity contribution in [1.29, 1.82) is 0 Å². The number of imide groups is 1. The quantitative estimate of drug-likeness (QED) is 0.792. The zero-order chi connectivity index (χ0) is 14.5. The second-order valence-electron chi connectivity index (χ2n) is 5.64. The molecule has 0 aromatic heterocycles. The van der Waals surface area contributed by atoms with Gasteiger partial charge in [0.25, 0.3) is 11.8 Å². The summed E-state index contributed by atoms with van der Waals surface area (Å²) in [4.78, 5) is 41.5. The van der Waals surface area contributed by atoms with Crippen molar-refractivity contribution in [2.75, 3.05) is 0 Å². The van der Waals surface area contributed by atoms with E-state index < -0.39 is 23.2 Å². The summed E-state index contributed by atoms with van der Waals surface area (Å²) in [5.74, 6) is -1.50. The van der Waals surface area contributed by atoms with Crippen LogP contribution in [0.3, 0.4) is 0 Å². The van der Waals surface area contributed by atoms with Crippen molar-refractivity contribution in [2.24, 2.45) is 11.3 Å². The molecule has 0 spiro atoms. The summed E-state index contributed by atoms with van der Waals surface area (Å²) in [5, 5.41) is 0.593. The van der Waals surface area contributed by atoms with E-state index in [-0.39, 0.29) is 17.0 Å². The van der Waals surface area contributed by atoms with E-state index in [0.29, 0.717) is 5.06 Å². The minimum atomic E-state index is -0.571. The second-order valence-corrected chi connectivity index (χ2v) is 5.64. The Morgan fingerprint density at radius 1 is 1.15 bits per heavy atom. The fourth-order valence-electron chi connectivity index (χ4n) is 2.58. The standard InChI is InChI=1S/C15H15NO4/c1-9(2)15(7-8-15)14(19)20-16-12(17)10-5-3-4-6-11(10)13(16)18/h3-6,9H,7-8H2,1-2H3. The minimum absolute atomic E-state index is 0.130. The highest BCUT2D eigenvalue weighted by Gasteiger charge is 2.55. The Balaban J connectivity index is 1.82. The summed E-state index contributed by atoms with van der Waals surface area (Å²) < 4.78 is 0. The molecule has 3 rings (SSSR count). The number of rotatable bonds is 3. The number of carbonyl (C=O) groups is 3. The van der Waals surface area contributed by atoms with Crippen LogP contribution in [0.5, 0.6) is 0 Å². The van der Waals surface area contributed by atoms with E-state index >= 15 is 0 Å². The van der Waals surface area contributed by atoms with Crippen LogP contribution in [0.15, 0.2) is 24.3 Å². The third kappa shape index (κ3) is 1.66. The SMILES string of the molecule is CC(C)C1(C(=O)ON2C(=O)c3ccccc3C2=O)CC1. The van der Waals surface area contributed by atoms with Gasteiger partial charge in [-0.25, -0.2) is 4.79 Å². The maximum absolute atomic E-state index is 12.2. The zero-order valence-corrected chi connectivity index (χ0v) is 11.4. The fraction of sp³-hybridized carbons (Fsp3) is 0.400. The van der Waals surface area contributed by atoms with Gasteiger partial charge in [0, 0.05) is 0 Å². The van der Waals surface area contributed by atoms with Crippen LogP contribution in [-0.4, -0.2) is 22.8 Å². The van der Waals surface area contributed by atoms with Crippen LogP contribution >= 0.6 is 0 Å². The second kappa shape index (κ2) is 4.16. The molecule has 0 unspecified atom stereocenters. The lowest BCUT2D eigenvalue weighted by Gasteiger charge is -2.20. The Hall–Kier alpha value is -2.17. The van der Waals surface area contributed by atoms with E-state index in [1.54, 1.807) is 24.3 Å². The topological polar surface area (TPSA) is 63.7 Å². The van der Waals surface area contributed by atoms with E-state index in [2.05, 4.69) is 0 Å². The van der Waals surface area contributed by atoms with E-state index in [4.69, 9.17) is 4.84 Å². The van der Waals surface area contributed by atoms with Gasteiger partial charge >= 0.3 is 5.97 Å². The Bertz CT molecular complexity index is 581. The number of hydrogen-bond donors (Lipinski definition) is 0. The molecule has 5 nitrogen and oxygen atoms in total. The number of fused-ring (bicyclic) bond motifs is 1. The molecule has 5 heteroatoms. The van der Waals surface area contributed by atoms with Crippen molar-refractivity contribution < 1.29 is 19.2 Å². The smallest absolute Gasteiger partial charge is 0.329 e. The molecule has 2 amide bonds. The number of nitrogens with zero attached hydrogens (tertiary/aromatic N) is 1. The van der Waals surface area contributed by atoms with Crippen molar-refractivity contribution in [2.45, 2.75) is 26.7 Å². The lowest BCUT2D eigenvalue weighted by molar-refractivity contribution is -0.177. The molecule has 1 aromatic rings. The van der Waals surface area contributed by atoms with Crippen molar-refractivity contribution >= 4 is 17.8 Å². The predicted octanol–water partition coefficient (Wildman–Crippen LogP) is 2.18.